The van der Waals surface area contributed by atoms with Crippen LogP contribution in [0.15, 0.2) is 156 Å². The van der Waals surface area contributed by atoms with Gasteiger partial charge in [0.2, 0.25) is 0 Å². The summed E-state index contributed by atoms with van der Waals surface area (Å²) in [5.41, 5.74) is 7.68. The van der Waals surface area contributed by atoms with E-state index in [4.69, 9.17) is 4.42 Å². The fourth-order valence-electron chi connectivity index (χ4n) is 6.39. The molecule has 0 saturated carbocycles. The maximum absolute atomic E-state index is 6.15. The van der Waals surface area contributed by atoms with Gasteiger partial charge in [0.1, 0.15) is 11.2 Å². The zero-order valence-electron chi connectivity index (χ0n) is 23.2. The number of furan rings is 1. The molecule has 7 aromatic carbocycles. The standard InChI is InChI=1S/C40H25NOS/c1-2-11-30(12-3-1)41(36-17-9-16-34-33-15-5-7-19-39(33)43-40(34)36)31-13-8-10-26(23-31)27-20-21-28-25-38-35(24-29(28)22-27)32-14-4-6-18-37(32)42-38/h1-25H. The van der Waals surface area contributed by atoms with Gasteiger partial charge in [0.05, 0.1) is 10.4 Å². The largest absolute Gasteiger partial charge is 0.456 e. The number of rotatable bonds is 4. The molecule has 3 heteroatoms. The first-order valence-electron chi connectivity index (χ1n) is 14.5. The first-order chi connectivity index (χ1) is 21.3. The van der Waals surface area contributed by atoms with Gasteiger partial charge in [-0.1, -0.05) is 91.0 Å². The molecule has 0 saturated heterocycles. The molecule has 2 aromatic heterocycles. The Morgan fingerprint density at radius 3 is 2.12 bits per heavy atom. The topological polar surface area (TPSA) is 16.4 Å². The highest BCUT2D eigenvalue weighted by Crippen LogP contribution is 2.45. The van der Waals surface area contributed by atoms with E-state index in [-0.39, 0.29) is 0 Å². The molecule has 0 fully saturated rings. The molecule has 0 aliphatic carbocycles. The van der Waals surface area contributed by atoms with E-state index in [0.717, 1.165) is 33.3 Å². The van der Waals surface area contributed by atoms with Crippen LogP contribution in [0.3, 0.4) is 0 Å². The molecular formula is C40H25NOS. The van der Waals surface area contributed by atoms with Crippen molar-refractivity contribution in [2.45, 2.75) is 0 Å². The van der Waals surface area contributed by atoms with Crippen LogP contribution in [0.1, 0.15) is 0 Å². The van der Waals surface area contributed by atoms with Crippen molar-refractivity contribution in [3.8, 4) is 11.1 Å². The monoisotopic (exact) mass is 567 g/mol. The number of fused-ring (bicyclic) bond motifs is 7. The van der Waals surface area contributed by atoms with E-state index < -0.39 is 0 Å². The molecule has 0 aliphatic heterocycles. The summed E-state index contributed by atoms with van der Waals surface area (Å²) < 4.78 is 8.75. The molecule has 43 heavy (non-hydrogen) atoms. The first kappa shape index (κ1) is 24.2. The summed E-state index contributed by atoms with van der Waals surface area (Å²) in [7, 11) is 0. The number of hydrogen-bond donors (Lipinski definition) is 0. The van der Waals surface area contributed by atoms with E-state index in [1.807, 2.05) is 23.5 Å². The van der Waals surface area contributed by atoms with Gasteiger partial charge in [-0.15, -0.1) is 11.3 Å². The van der Waals surface area contributed by atoms with E-state index in [9.17, 15) is 0 Å². The lowest BCUT2D eigenvalue weighted by Gasteiger charge is -2.26. The van der Waals surface area contributed by atoms with Gasteiger partial charge < -0.3 is 9.32 Å². The van der Waals surface area contributed by atoms with Crippen molar-refractivity contribution in [3.63, 3.8) is 0 Å². The van der Waals surface area contributed by atoms with E-state index in [1.54, 1.807) is 0 Å². The number of benzene rings is 7. The lowest BCUT2D eigenvalue weighted by atomic mass is 9.99. The molecule has 9 aromatic rings. The maximum atomic E-state index is 6.15. The van der Waals surface area contributed by atoms with Crippen molar-refractivity contribution in [2.24, 2.45) is 0 Å². The van der Waals surface area contributed by atoms with Gasteiger partial charge >= 0.3 is 0 Å². The van der Waals surface area contributed by atoms with Crippen LogP contribution < -0.4 is 4.90 Å². The van der Waals surface area contributed by atoms with Crippen molar-refractivity contribution < 1.29 is 4.42 Å². The van der Waals surface area contributed by atoms with E-state index in [2.05, 4.69) is 144 Å². The van der Waals surface area contributed by atoms with Gasteiger partial charge in [-0.3, -0.25) is 0 Å². The molecule has 9 rings (SSSR count). The van der Waals surface area contributed by atoms with Crippen LogP contribution >= 0.6 is 11.3 Å². The lowest BCUT2D eigenvalue weighted by Crippen LogP contribution is -2.10. The number of anilines is 3. The third-order valence-electron chi connectivity index (χ3n) is 8.41. The van der Waals surface area contributed by atoms with Crippen molar-refractivity contribution >= 4 is 81.3 Å². The van der Waals surface area contributed by atoms with Gasteiger partial charge in [-0.25, -0.2) is 0 Å². The lowest BCUT2D eigenvalue weighted by molar-refractivity contribution is 0.669. The Labute approximate surface area is 252 Å². The van der Waals surface area contributed by atoms with Gasteiger partial charge in [0.15, 0.2) is 0 Å². The number of nitrogens with zero attached hydrogens (tertiary/aromatic N) is 1. The third kappa shape index (κ3) is 3.93. The highest BCUT2D eigenvalue weighted by molar-refractivity contribution is 7.26. The van der Waals surface area contributed by atoms with E-state index in [1.165, 1.54) is 47.8 Å². The summed E-state index contributed by atoms with van der Waals surface area (Å²) in [4.78, 5) is 2.39. The fourth-order valence-corrected chi connectivity index (χ4v) is 7.59. The normalized spacial score (nSPS) is 11.7. The molecule has 0 spiro atoms. The molecule has 2 nitrogen and oxygen atoms in total. The Kier molecular flexibility index (Phi) is 5.40. The molecule has 2 heterocycles. The maximum Gasteiger partial charge on any atom is 0.136 e. The molecule has 0 amide bonds. The summed E-state index contributed by atoms with van der Waals surface area (Å²) in [6.07, 6.45) is 0. The Hall–Kier alpha value is -5.38. The second-order valence-corrected chi connectivity index (χ2v) is 12.0. The highest BCUT2D eigenvalue weighted by atomic mass is 32.1. The summed E-state index contributed by atoms with van der Waals surface area (Å²) in [6, 6.07) is 54.4. The first-order valence-corrected chi connectivity index (χ1v) is 15.3. The van der Waals surface area contributed by atoms with E-state index >= 15 is 0 Å². The average molecular weight is 568 g/mol. The molecule has 0 aliphatic rings. The number of thiophene rings is 1. The third-order valence-corrected chi connectivity index (χ3v) is 9.62. The summed E-state index contributed by atoms with van der Waals surface area (Å²) in [6.45, 7) is 0. The van der Waals surface area contributed by atoms with Gasteiger partial charge in [-0.05, 0) is 82.6 Å². The smallest absolute Gasteiger partial charge is 0.136 e. The predicted molar refractivity (Wildman–Crippen MR) is 184 cm³/mol. The Bertz CT molecular complexity index is 2470. The highest BCUT2D eigenvalue weighted by Gasteiger charge is 2.18. The fraction of sp³-hybridized carbons (Fsp3) is 0. The Morgan fingerprint density at radius 1 is 0.442 bits per heavy atom. The van der Waals surface area contributed by atoms with Crippen LogP contribution in [0.4, 0.5) is 17.1 Å². The quantitative estimate of drug-likeness (QED) is 0.210. The Morgan fingerprint density at radius 2 is 1.19 bits per heavy atom. The van der Waals surface area contributed by atoms with Crippen molar-refractivity contribution in [1.82, 2.24) is 0 Å². The average Bonchev–Trinajstić information content (AvgIpc) is 3.63. The zero-order chi connectivity index (χ0) is 28.3. The number of hydrogen-bond acceptors (Lipinski definition) is 3. The molecule has 0 unspecified atom stereocenters. The molecule has 0 bridgehead atoms. The zero-order valence-corrected chi connectivity index (χ0v) is 24.0. The number of para-hydroxylation sites is 2. The van der Waals surface area contributed by atoms with Gasteiger partial charge in [0, 0.05) is 37.6 Å². The molecule has 0 radical (unpaired) electrons. The van der Waals surface area contributed by atoms with Crippen LogP contribution in [-0.4, -0.2) is 0 Å². The summed E-state index contributed by atoms with van der Waals surface area (Å²) in [5, 5.41) is 7.29. The van der Waals surface area contributed by atoms with Crippen molar-refractivity contribution in [1.29, 1.82) is 0 Å². The Balaban J connectivity index is 1.21. The minimum absolute atomic E-state index is 0.926. The SMILES string of the molecule is c1ccc(N(c2cccc(-c3ccc4cc5oc6ccccc6c5cc4c3)c2)c2cccc3c2sc2ccccc23)cc1. The van der Waals surface area contributed by atoms with Gasteiger partial charge in [0.25, 0.3) is 0 Å². The predicted octanol–water partition coefficient (Wildman–Crippen LogP) is 12.2. The molecular weight excluding hydrogens is 543 g/mol. The van der Waals surface area contributed by atoms with Crippen LogP contribution in [0.2, 0.25) is 0 Å². The molecule has 0 N–H and O–H groups in total. The van der Waals surface area contributed by atoms with Crippen LogP contribution in [-0.2, 0) is 0 Å². The second-order valence-electron chi connectivity index (χ2n) is 11.0. The van der Waals surface area contributed by atoms with Crippen molar-refractivity contribution in [3.05, 3.63) is 152 Å². The second kappa shape index (κ2) is 9.59. The summed E-state index contributed by atoms with van der Waals surface area (Å²) in [5.74, 6) is 0. The minimum Gasteiger partial charge on any atom is -0.456 e. The van der Waals surface area contributed by atoms with Crippen LogP contribution in [0, 0.1) is 0 Å². The molecule has 0 atom stereocenters. The van der Waals surface area contributed by atoms with Crippen LogP contribution in [0.5, 0.6) is 0 Å². The van der Waals surface area contributed by atoms with Crippen molar-refractivity contribution in [2.75, 3.05) is 4.90 Å². The van der Waals surface area contributed by atoms with Crippen LogP contribution in [0.25, 0.3) is 64.0 Å². The van der Waals surface area contributed by atoms with Gasteiger partial charge in [-0.2, -0.15) is 0 Å². The van der Waals surface area contributed by atoms with E-state index in [0.29, 0.717) is 0 Å². The minimum atomic E-state index is 0.926. The summed E-state index contributed by atoms with van der Waals surface area (Å²) >= 11 is 1.86. The molecule has 202 valence electrons.